The number of aromatic amines is 1. The summed E-state index contributed by atoms with van der Waals surface area (Å²) in [5, 5.41) is 0.563. The first-order chi connectivity index (χ1) is 11.6. The molecule has 24 heavy (non-hydrogen) atoms. The van der Waals surface area contributed by atoms with Gasteiger partial charge in [0.2, 0.25) is 5.91 Å². The Balaban J connectivity index is 1.50. The molecule has 1 amide bonds. The van der Waals surface area contributed by atoms with Crippen LogP contribution in [0.4, 0.5) is 0 Å². The van der Waals surface area contributed by atoms with Gasteiger partial charge in [-0.1, -0.05) is 24.9 Å². The second-order valence-electron chi connectivity index (χ2n) is 7.09. The molecule has 0 radical (unpaired) electrons. The number of unbranched alkanes of at least 4 members (excludes halogenated alkanes) is 1. The largest absolute Gasteiger partial charge is 0.354 e. The number of nitrogens with zero attached hydrogens (tertiary/aromatic N) is 3. The van der Waals surface area contributed by atoms with Gasteiger partial charge in [-0.25, -0.2) is 4.98 Å². The van der Waals surface area contributed by atoms with Gasteiger partial charge in [0.25, 0.3) is 0 Å². The predicted molar refractivity (Wildman–Crippen MR) is 90.7 cm³/mol. The monoisotopic (exact) mass is 352 g/mol. The Bertz CT molecular complexity index is 634. The van der Waals surface area contributed by atoms with Crippen molar-refractivity contribution in [2.45, 2.75) is 63.8 Å². The summed E-state index contributed by atoms with van der Waals surface area (Å²) >= 11 is 6.33. The molecule has 1 spiro atoms. The summed E-state index contributed by atoms with van der Waals surface area (Å²) in [6.07, 6.45) is 5.55. The lowest BCUT2D eigenvalue weighted by atomic mass is 10.0. The first kappa shape index (κ1) is 16.4. The Morgan fingerprint density at radius 2 is 2.33 bits per heavy atom. The van der Waals surface area contributed by atoms with Crippen molar-refractivity contribution in [3.8, 4) is 0 Å². The minimum absolute atomic E-state index is 0.128. The molecule has 2 atom stereocenters. The number of H-pyrrole nitrogens is 1. The van der Waals surface area contributed by atoms with E-state index in [2.05, 4.69) is 21.8 Å². The van der Waals surface area contributed by atoms with Crippen LogP contribution in [0.3, 0.4) is 0 Å². The lowest BCUT2D eigenvalue weighted by Gasteiger charge is -2.42. The molecule has 6 nitrogen and oxygen atoms in total. The number of rotatable bonds is 5. The van der Waals surface area contributed by atoms with Crippen LogP contribution in [0.5, 0.6) is 0 Å². The van der Waals surface area contributed by atoms with E-state index in [1.807, 2.05) is 4.90 Å². The molecule has 3 aliphatic heterocycles. The standard InChI is InChI=1S/C17H25ClN4O2/c1-2-3-5-14-19-12(16(18)20-14)11-21-8-6-17-13(21)10-15(23)22(17)7-4-9-24-17/h13H,2-11H2,1H3,(H,19,20)/t13-,17+/m1/s1. The van der Waals surface area contributed by atoms with Gasteiger partial charge in [-0.3, -0.25) is 9.69 Å². The van der Waals surface area contributed by atoms with Crippen molar-refractivity contribution in [2.75, 3.05) is 19.7 Å². The van der Waals surface area contributed by atoms with E-state index in [1.165, 1.54) is 0 Å². The average Bonchev–Trinajstić information content (AvgIpc) is 3.18. The van der Waals surface area contributed by atoms with Gasteiger partial charge in [0.15, 0.2) is 10.9 Å². The van der Waals surface area contributed by atoms with Gasteiger partial charge in [-0.05, 0) is 12.8 Å². The third-order valence-electron chi connectivity index (χ3n) is 5.63. The Morgan fingerprint density at radius 1 is 1.46 bits per heavy atom. The molecule has 4 rings (SSSR count). The summed E-state index contributed by atoms with van der Waals surface area (Å²) in [4.78, 5) is 24.5. The molecular weight excluding hydrogens is 328 g/mol. The molecule has 1 N–H and O–H groups in total. The van der Waals surface area contributed by atoms with E-state index in [9.17, 15) is 4.79 Å². The van der Waals surface area contributed by atoms with Gasteiger partial charge in [0.1, 0.15) is 5.82 Å². The molecule has 132 valence electrons. The molecule has 3 fully saturated rings. The molecule has 0 bridgehead atoms. The number of aryl methyl sites for hydroxylation is 1. The van der Waals surface area contributed by atoms with Gasteiger partial charge in [0, 0.05) is 38.9 Å². The molecule has 0 aliphatic carbocycles. The van der Waals surface area contributed by atoms with Crippen LogP contribution in [0, 0.1) is 0 Å². The first-order valence-electron chi connectivity index (χ1n) is 9.06. The van der Waals surface area contributed by atoms with E-state index < -0.39 is 5.72 Å². The second kappa shape index (κ2) is 6.32. The smallest absolute Gasteiger partial charge is 0.226 e. The number of amides is 1. The summed E-state index contributed by atoms with van der Waals surface area (Å²) in [6, 6.07) is 0.128. The van der Waals surface area contributed by atoms with Crippen molar-refractivity contribution in [1.82, 2.24) is 19.8 Å². The first-order valence-corrected chi connectivity index (χ1v) is 9.43. The summed E-state index contributed by atoms with van der Waals surface area (Å²) in [7, 11) is 0. The van der Waals surface area contributed by atoms with Gasteiger partial charge in [-0.15, -0.1) is 0 Å². The molecular formula is C17H25ClN4O2. The molecule has 3 saturated heterocycles. The highest BCUT2D eigenvalue weighted by molar-refractivity contribution is 6.30. The topological polar surface area (TPSA) is 61.5 Å². The number of ether oxygens (including phenoxy) is 1. The maximum atomic E-state index is 12.4. The van der Waals surface area contributed by atoms with Crippen LogP contribution < -0.4 is 0 Å². The van der Waals surface area contributed by atoms with E-state index in [0.717, 1.165) is 63.3 Å². The number of carbonyl (C=O) groups excluding carboxylic acids is 1. The molecule has 0 unspecified atom stereocenters. The summed E-state index contributed by atoms with van der Waals surface area (Å²) in [6.45, 7) is 5.38. The molecule has 7 heteroatoms. The molecule has 1 aromatic heterocycles. The number of likely N-dealkylation sites (tertiary alicyclic amines) is 1. The summed E-state index contributed by atoms with van der Waals surface area (Å²) < 4.78 is 6.14. The number of hydrogen-bond acceptors (Lipinski definition) is 4. The van der Waals surface area contributed by atoms with Crippen LogP contribution in [0.25, 0.3) is 0 Å². The zero-order chi connectivity index (χ0) is 16.7. The Hall–Kier alpha value is -1.11. The Labute approximate surface area is 147 Å². The summed E-state index contributed by atoms with van der Waals surface area (Å²) in [5.41, 5.74) is 0.564. The number of hydrogen-bond donors (Lipinski definition) is 1. The third kappa shape index (κ3) is 2.55. The van der Waals surface area contributed by atoms with Crippen LogP contribution >= 0.6 is 11.6 Å². The van der Waals surface area contributed by atoms with Crippen LogP contribution in [-0.2, 0) is 22.5 Å². The summed E-state index contributed by atoms with van der Waals surface area (Å²) in [5.74, 6) is 1.19. The van der Waals surface area contributed by atoms with E-state index in [4.69, 9.17) is 16.3 Å². The number of halogens is 1. The molecule has 1 aromatic rings. The highest BCUT2D eigenvalue weighted by Gasteiger charge is 2.60. The van der Waals surface area contributed by atoms with E-state index in [-0.39, 0.29) is 11.9 Å². The Kier molecular flexibility index (Phi) is 4.31. The van der Waals surface area contributed by atoms with Gasteiger partial charge >= 0.3 is 0 Å². The number of imidazole rings is 1. The van der Waals surface area contributed by atoms with Crippen molar-refractivity contribution in [1.29, 1.82) is 0 Å². The second-order valence-corrected chi connectivity index (χ2v) is 7.45. The fourth-order valence-corrected chi connectivity index (χ4v) is 4.64. The number of nitrogens with one attached hydrogen (secondary N) is 1. The van der Waals surface area contributed by atoms with Crippen LogP contribution in [0.2, 0.25) is 5.15 Å². The fourth-order valence-electron chi connectivity index (χ4n) is 4.43. The quantitative estimate of drug-likeness (QED) is 0.883. The fraction of sp³-hybridized carbons (Fsp3) is 0.765. The van der Waals surface area contributed by atoms with Crippen molar-refractivity contribution < 1.29 is 9.53 Å². The van der Waals surface area contributed by atoms with Gasteiger partial charge in [-0.2, -0.15) is 0 Å². The molecule has 0 saturated carbocycles. The average molecular weight is 353 g/mol. The highest BCUT2D eigenvalue weighted by Crippen LogP contribution is 2.45. The third-order valence-corrected chi connectivity index (χ3v) is 5.94. The zero-order valence-corrected chi connectivity index (χ0v) is 14.9. The van der Waals surface area contributed by atoms with Crippen molar-refractivity contribution in [3.05, 3.63) is 16.7 Å². The predicted octanol–water partition coefficient (Wildman–Crippen LogP) is 2.33. The van der Waals surface area contributed by atoms with Crippen LogP contribution in [0.15, 0.2) is 0 Å². The maximum Gasteiger partial charge on any atom is 0.226 e. The highest BCUT2D eigenvalue weighted by atomic mass is 35.5. The molecule has 4 heterocycles. The normalized spacial score (nSPS) is 30.0. The van der Waals surface area contributed by atoms with Crippen molar-refractivity contribution in [2.24, 2.45) is 0 Å². The van der Waals surface area contributed by atoms with E-state index >= 15 is 0 Å². The molecule has 0 aromatic carbocycles. The van der Waals surface area contributed by atoms with Gasteiger partial charge < -0.3 is 14.6 Å². The zero-order valence-electron chi connectivity index (χ0n) is 14.2. The lowest BCUT2D eigenvalue weighted by Crippen LogP contribution is -2.56. The maximum absolute atomic E-state index is 12.4. The van der Waals surface area contributed by atoms with Crippen LogP contribution in [0.1, 0.15) is 50.5 Å². The molecule has 3 aliphatic rings. The number of carbonyl (C=O) groups is 1. The Morgan fingerprint density at radius 3 is 3.17 bits per heavy atom. The van der Waals surface area contributed by atoms with E-state index in [0.29, 0.717) is 18.1 Å². The number of aromatic nitrogens is 2. The van der Waals surface area contributed by atoms with Crippen molar-refractivity contribution in [3.63, 3.8) is 0 Å². The minimum atomic E-state index is -0.396. The lowest BCUT2D eigenvalue weighted by molar-refractivity contribution is -0.180. The van der Waals surface area contributed by atoms with Gasteiger partial charge in [0.05, 0.1) is 18.3 Å². The van der Waals surface area contributed by atoms with Crippen molar-refractivity contribution >= 4 is 17.5 Å². The van der Waals surface area contributed by atoms with Crippen LogP contribution in [-0.4, -0.2) is 57.1 Å². The SMILES string of the molecule is CCCCc1nc(Cl)c(CN2CC[C@@]34OCCCN3C(=O)C[C@@H]24)[nH]1. The minimum Gasteiger partial charge on any atom is -0.354 e. The van der Waals surface area contributed by atoms with E-state index in [1.54, 1.807) is 0 Å².